The maximum atomic E-state index is 2.45. The molecular weight excluding hydrogens is 360 g/mol. The first-order valence-corrected chi connectivity index (χ1v) is 12.3. The molecule has 172 valence electrons. The normalized spacial score (nSPS) is 14.3. The molecular formula is C30H52. The Morgan fingerprint density at radius 1 is 0.467 bits per heavy atom. The van der Waals surface area contributed by atoms with E-state index in [9.17, 15) is 0 Å². The first-order chi connectivity index (χ1) is 14.0. The Morgan fingerprint density at radius 2 is 0.767 bits per heavy atom. The molecule has 0 heterocycles. The predicted octanol–water partition coefficient (Wildman–Crippen LogP) is 10.7. The number of allylic oxidation sites excluding steroid dienone is 10. The number of hydrogen-bond donors (Lipinski definition) is 0. The van der Waals surface area contributed by atoms with Gasteiger partial charge in [-0.2, -0.15) is 0 Å². The fourth-order valence-corrected chi connectivity index (χ4v) is 3.39. The third-order valence-electron chi connectivity index (χ3n) is 5.57. The van der Waals surface area contributed by atoms with Crippen LogP contribution in [0.25, 0.3) is 0 Å². The second-order valence-corrected chi connectivity index (χ2v) is 10.7. The molecule has 0 bridgehead atoms. The first-order valence-electron chi connectivity index (χ1n) is 12.3. The number of hydrogen-bond acceptors (Lipinski definition) is 0. The summed E-state index contributed by atoms with van der Waals surface area (Å²) in [4.78, 5) is 0. The molecule has 0 aromatic heterocycles. The molecule has 0 unspecified atom stereocenters. The van der Waals surface area contributed by atoms with Gasteiger partial charge in [-0.05, 0) is 111 Å². The fraction of sp³-hybridized carbons (Fsp3) is 0.667. The number of rotatable bonds is 14. The minimum absolute atomic E-state index is 0.444. The van der Waals surface area contributed by atoms with Crippen LogP contribution in [0.2, 0.25) is 0 Å². The van der Waals surface area contributed by atoms with Crippen molar-refractivity contribution in [3.05, 3.63) is 58.2 Å². The van der Waals surface area contributed by atoms with Crippen molar-refractivity contribution in [1.29, 1.82) is 0 Å². The van der Waals surface area contributed by atoms with E-state index in [1.807, 2.05) is 0 Å². The van der Waals surface area contributed by atoms with Crippen LogP contribution in [-0.2, 0) is 0 Å². The molecule has 30 heavy (non-hydrogen) atoms. The summed E-state index contributed by atoms with van der Waals surface area (Å²) < 4.78 is 0. The molecule has 0 aliphatic carbocycles. The van der Waals surface area contributed by atoms with Crippen LogP contribution in [0.1, 0.15) is 127 Å². The molecule has 0 aromatic carbocycles. The Bertz CT molecular complexity index is 607. The largest absolute Gasteiger partial charge is 0.0856 e. The second kappa shape index (κ2) is 16.4. The highest BCUT2D eigenvalue weighted by atomic mass is 14.1. The van der Waals surface area contributed by atoms with Crippen LogP contribution in [0.3, 0.4) is 0 Å². The zero-order valence-corrected chi connectivity index (χ0v) is 22.0. The smallest absolute Gasteiger partial charge is 0.0288 e. The van der Waals surface area contributed by atoms with Gasteiger partial charge in [0.2, 0.25) is 0 Å². The Balaban J connectivity index is 4.08. The third kappa shape index (κ3) is 20.0. The van der Waals surface area contributed by atoms with Gasteiger partial charge in [0.05, 0.1) is 0 Å². The molecule has 0 atom stereocenters. The van der Waals surface area contributed by atoms with Gasteiger partial charge in [-0.25, -0.2) is 0 Å². The van der Waals surface area contributed by atoms with Gasteiger partial charge in [0.25, 0.3) is 0 Å². The predicted molar refractivity (Wildman–Crippen MR) is 140 cm³/mol. The molecule has 0 fully saturated rings. The van der Waals surface area contributed by atoms with Crippen LogP contribution in [0.15, 0.2) is 58.2 Å². The highest BCUT2D eigenvalue weighted by Crippen LogP contribution is 2.22. The molecule has 0 rings (SSSR count). The zero-order valence-electron chi connectivity index (χ0n) is 22.0. The highest BCUT2D eigenvalue weighted by molar-refractivity contribution is 5.08. The minimum Gasteiger partial charge on any atom is -0.0856 e. The third-order valence-corrected chi connectivity index (χ3v) is 5.57. The summed E-state index contributed by atoms with van der Waals surface area (Å²) >= 11 is 0. The van der Waals surface area contributed by atoms with E-state index in [1.165, 1.54) is 86.5 Å². The van der Waals surface area contributed by atoms with Crippen molar-refractivity contribution in [3.63, 3.8) is 0 Å². The summed E-state index contributed by atoms with van der Waals surface area (Å²) in [6.07, 6.45) is 24.1. The minimum atomic E-state index is 0.444. The van der Waals surface area contributed by atoms with Crippen molar-refractivity contribution < 1.29 is 0 Å². The molecule has 0 saturated heterocycles. The molecule has 0 nitrogen and oxygen atoms in total. The van der Waals surface area contributed by atoms with Crippen LogP contribution in [0.5, 0.6) is 0 Å². The maximum absolute atomic E-state index is 2.45. The summed E-state index contributed by atoms with van der Waals surface area (Å²) in [6, 6.07) is 0. The van der Waals surface area contributed by atoms with Crippen LogP contribution in [0.4, 0.5) is 0 Å². The summed E-state index contributed by atoms with van der Waals surface area (Å²) in [6.45, 7) is 20.5. The quantitative estimate of drug-likeness (QED) is 0.249. The van der Waals surface area contributed by atoms with Crippen molar-refractivity contribution in [1.82, 2.24) is 0 Å². The molecule has 0 aromatic rings. The van der Waals surface area contributed by atoms with E-state index < -0.39 is 0 Å². The van der Waals surface area contributed by atoms with Crippen LogP contribution in [0, 0.1) is 5.41 Å². The molecule has 0 aliphatic heterocycles. The summed E-state index contributed by atoms with van der Waals surface area (Å²) in [7, 11) is 0. The Hall–Kier alpha value is -1.30. The Labute approximate surface area is 190 Å². The van der Waals surface area contributed by atoms with Crippen LogP contribution in [-0.4, -0.2) is 0 Å². The van der Waals surface area contributed by atoms with E-state index in [4.69, 9.17) is 0 Å². The van der Waals surface area contributed by atoms with Gasteiger partial charge in [-0.15, -0.1) is 0 Å². The van der Waals surface area contributed by atoms with E-state index in [0.717, 1.165) is 0 Å². The molecule has 0 heteroatoms. The van der Waals surface area contributed by atoms with Crippen molar-refractivity contribution in [2.45, 2.75) is 127 Å². The highest BCUT2D eigenvalue weighted by Gasteiger charge is 2.07. The molecule has 0 spiro atoms. The average molecular weight is 413 g/mol. The SMILES string of the molecule is CC(C)=CCC/C(C)=C/CC/C(C)=C/CC/C(C)=C/CC/C(C)=C/CCC(C)(C)C. The van der Waals surface area contributed by atoms with Crippen molar-refractivity contribution in [3.8, 4) is 0 Å². The van der Waals surface area contributed by atoms with Gasteiger partial charge < -0.3 is 0 Å². The Kier molecular flexibility index (Phi) is 15.7. The molecule has 0 aliphatic rings. The van der Waals surface area contributed by atoms with Gasteiger partial charge in [0, 0.05) is 0 Å². The van der Waals surface area contributed by atoms with Crippen molar-refractivity contribution in [2.75, 3.05) is 0 Å². The van der Waals surface area contributed by atoms with Gasteiger partial charge in [-0.3, -0.25) is 0 Å². The molecule has 0 amide bonds. The van der Waals surface area contributed by atoms with E-state index in [2.05, 4.69) is 92.7 Å². The van der Waals surface area contributed by atoms with Crippen LogP contribution >= 0.6 is 0 Å². The monoisotopic (exact) mass is 412 g/mol. The lowest BCUT2D eigenvalue weighted by Crippen LogP contribution is -2.03. The topological polar surface area (TPSA) is 0 Å². The van der Waals surface area contributed by atoms with E-state index in [1.54, 1.807) is 5.57 Å². The van der Waals surface area contributed by atoms with Gasteiger partial charge in [0.1, 0.15) is 0 Å². The lowest BCUT2D eigenvalue weighted by Gasteiger charge is -2.16. The second-order valence-electron chi connectivity index (χ2n) is 10.7. The maximum Gasteiger partial charge on any atom is -0.0288 e. The van der Waals surface area contributed by atoms with Crippen molar-refractivity contribution >= 4 is 0 Å². The Morgan fingerprint density at radius 3 is 1.07 bits per heavy atom. The van der Waals surface area contributed by atoms with Gasteiger partial charge in [0.15, 0.2) is 0 Å². The molecule has 0 saturated carbocycles. The first kappa shape index (κ1) is 28.7. The van der Waals surface area contributed by atoms with E-state index in [-0.39, 0.29) is 0 Å². The van der Waals surface area contributed by atoms with Gasteiger partial charge >= 0.3 is 0 Å². The van der Waals surface area contributed by atoms with E-state index >= 15 is 0 Å². The lowest BCUT2D eigenvalue weighted by atomic mass is 9.90. The summed E-state index contributed by atoms with van der Waals surface area (Å²) in [5.41, 5.74) is 8.02. The standard InChI is InChI=1S/C30H52/c1-25(2)15-10-16-26(3)17-11-18-27(4)19-12-20-28(5)21-13-22-29(6)23-14-24-30(7,8)9/h15,17,19,21,23H,10-14,16,18,20,22,24H2,1-9H3/b26-17+,27-19+,28-21+,29-23+. The van der Waals surface area contributed by atoms with Crippen LogP contribution < -0.4 is 0 Å². The van der Waals surface area contributed by atoms with Crippen molar-refractivity contribution in [2.24, 2.45) is 5.41 Å². The molecule has 0 radical (unpaired) electrons. The molecule has 0 N–H and O–H groups in total. The van der Waals surface area contributed by atoms with Gasteiger partial charge in [-0.1, -0.05) is 79.0 Å². The fourth-order valence-electron chi connectivity index (χ4n) is 3.39. The summed E-state index contributed by atoms with van der Waals surface area (Å²) in [5, 5.41) is 0. The lowest BCUT2D eigenvalue weighted by molar-refractivity contribution is 0.381. The summed E-state index contributed by atoms with van der Waals surface area (Å²) in [5.74, 6) is 0. The zero-order chi connectivity index (χ0) is 23.0. The average Bonchev–Trinajstić information content (AvgIpc) is 2.60. The van der Waals surface area contributed by atoms with E-state index in [0.29, 0.717) is 5.41 Å².